The van der Waals surface area contributed by atoms with Crippen molar-refractivity contribution in [2.45, 2.75) is 38.8 Å². The number of amides is 2. The standard InChI is InChI=1S/C26H27N5O5/c1-26(2,3)35-25(33)28-21(13-16-5-9-20(34-4)10-6-16)23(32)30-24-29-22(31-36-24)18-7-8-19-15-27-12-11-17(19)14-18/h5-12,14-15,21H,13H2,1-4H3,(H,28,33)(H,29,30,31,32)/t21-/m0/s1. The van der Waals surface area contributed by atoms with Crippen molar-refractivity contribution in [2.24, 2.45) is 0 Å². The first-order valence-corrected chi connectivity index (χ1v) is 11.3. The van der Waals surface area contributed by atoms with Crippen LogP contribution in [-0.4, -0.2) is 45.9 Å². The van der Waals surface area contributed by atoms with Crippen LogP contribution in [0.15, 0.2) is 65.4 Å². The number of ether oxygens (including phenoxy) is 2. The molecule has 0 saturated carbocycles. The Morgan fingerprint density at radius 3 is 2.56 bits per heavy atom. The molecule has 10 heteroatoms. The van der Waals surface area contributed by atoms with Crippen LogP contribution in [-0.2, 0) is 16.0 Å². The third kappa shape index (κ3) is 6.35. The van der Waals surface area contributed by atoms with Gasteiger partial charge >= 0.3 is 12.1 Å². The largest absolute Gasteiger partial charge is 0.497 e. The number of nitrogens with one attached hydrogen (secondary N) is 2. The number of alkyl carbamates (subject to hydrolysis) is 1. The molecule has 0 radical (unpaired) electrons. The number of rotatable bonds is 7. The maximum absolute atomic E-state index is 13.1. The van der Waals surface area contributed by atoms with Gasteiger partial charge in [0.2, 0.25) is 5.82 Å². The van der Waals surface area contributed by atoms with Crippen LogP contribution in [0.4, 0.5) is 10.8 Å². The summed E-state index contributed by atoms with van der Waals surface area (Å²) in [5, 5.41) is 11.2. The highest BCUT2D eigenvalue weighted by Gasteiger charge is 2.26. The van der Waals surface area contributed by atoms with Crippen molar-refractivity contribution in [3.8, 4) is 17.1 Å². The van der Waals surface area contributed by atoms with Crippen molar-refractivity contribution in [3.05, 3.63) is 66.5 Å². The molecular formula is C26H27N5O5. The quantitative estimate of drug-likeness (QED) is 0.392. The summed E-state index contributed by atoms with van der Waals surface area (Å²) in [5.74, 6) is 0.468. The van der Waals surface area contributed by atoms with Crippen molar-refractivity contribution in [3.63, 3.8) is 0 Å². The van der Waals surface area contributed by atoms with Gasteiger partial charge in [-0.05, 0) is 56.0 Å². The van der Waals surface area contributed by atoms with E-state index < -0.39 is 23.6 Å². The predicted octanol–water partition coefficient (Wildman–Crippen LogP) is 4.37. The van der Waals surface area contributed by atoms with Crippen LogP contribution < -0.4 is 15.4 Å². The number of carbonyl (C=O) groups excluding carboxylic acids is 2. The lowest BCUT2D eigenvalue weighted by Gasteiger charge is -2.23. The van der Waals surface area contributed by atoms with Gasteiger partial charge in [-0.3, -0.25) is 15.1 Å². The van der Waals surface area contributed by atoms with Gasteiger partial charge in [-0.2, -0.15) is 4.98 Å². The normalized spacial score (nSPS) is 12.1. The van der Waals surface area contributed by atoms with Crippen LogP contribution in [0.25, 0.3) is 22.2 Å². The smallest absolute Gasteiger partial charge is 0.408 e. The molecule has 4 aromatic rings. The Morgan fingerprint density at radius 2 is 1.83 bits per heavy atom. The van der Waals surface area contributed by atoms with Crippen molar-refractivity contribution >= 4 is 28.8 Å². The number of fused-ring (bicyclic) bond motifs is 1. The van der Waals surface area contributed by atoms with Crippen LogP contribution in [0.1, 0.15) is 26.3 Å². The molecule has 0 saturated heterocycles. The summed E-state index contributed by atoms with van der Waals surface area (Å²) in [7, 11) is 1.57. The lowest BCUT2D eigenvalue weighted by Crippen LogP contribution is -2.47. The van der Waals surface area contributed by atoms with Crippen molar-refractivity contribution < 1.29 is 23.6 Å². The van der Waals surface area contributed by atoms with Crippen LogP contribution >= 0.6 is 0 Å². The fourth-order valence-electron chi connectivity index (χ4n) is 3.46. The molecule has 0 aliphatic carbocycles. The number of carbonyl (C=O) groups is 2. The second-order valence-corrected chi connectivity index (χ2v) is 9.10. The van der Waals surface area contributed by atoms with Crippen molar-refractivity contribution in [1.29, 1.82) is 0 Å². The summed E-state index contributed by atoms with van der Waals surface area (Å²) in [6.07, 6.45) is 2.96. The van der Waals surface area contributed by atoms with E-state index >= 15 is 0 Å². The summed E-state index contributed by atoms with van der Waals surface area (Å²) in [5.41, 5.74) is 0.811. The lowest BCUT2D eigenvalue weighted by atomic mass is 10.1. The van der Waals surface area contributed by atoms with E-state index in [0.717, 1.165) is 21.9 Å². The Kier molecular flexibility index (Phi) is 7.14. The van der Waals surface area contributed by atoms with Gasteiger partial charge in [-0.15, -0.1) is 0 Å². The first-order chi connectivity index (χ1) is 17.2. The highest BCUT2D eigenvalue weighted by Crippen LogP contribution is 2.23. The molecule has 2 N–H and O–H groups in total. The Hall–Kier alpha value is -4.47. The minimum atomic E-state index is -0.961. The van der Waals surface area contributed by atoms with Gasteiger partial charge in [0, 0.05) is 29.8 Å². The van der Waals surface area contributed by atoms with Gasteiger partial charge in [0.25, 0.3) is 5.91 Å². The van der Waals surface area contributed by atoms with Gasteiger partial charge in [0.05, 0.1) is 7.11 Å². The summed E-state index contributed by atoms with van der Waals surface area (Å²) >= 11 is 0. The summed E-state index contributed by atoms with van der Waals surface area (Å²) in [6.45, 7) is 5.23. The molecule has 1 atom stereocenters. The summed E-state index contributed by atoms with van der Waals surface area (Å²) in [6, 6.07) is 13.7. The van der Waals surface area contributed by atoms with Crippen LogP contribution in [0.2, 0.25) is 0 Å². The molecule has 36 heavy (non-hydrogen) atoms. The van der Waals surface area contributed by atoms with Gasteiger partial charge in [-0.25, -0.2) is 4.79 Å². The summed E-state index contributed by atoms with van der Waals surface area (Å²) < 4.78 is 15.8. The second-order valence-electron chi connectivity index (χ2n) is 9.10. The molecule has 2 aromatic carbocycles. The molecule has 0 unspecified atom stereocenters. The summed E-state index contributed by atoms with van der Waals surface area (Å²) in [4.78, 5) is 33.9. The van der Waals surface area contributed by atoms with E-state index in [1.54, 1.807) is 52.4 Å². The van der Waals surface area contributed by atoms with Crippen LogP contribution in [0.5, 0.6) is 5.75 Å². The van der Waals surface area contributed by atoms with Crippen LogP contribution in [0, 0.1) is 0 Å². The molecule has 0 spiro atoms. The highest BCUT2D eigenvalue weighted by atomic mass is 16.6. The maximum Gasteiger partial charge on any atom is 0.408 e. The molecule has 0 bridgehead atoms. The van der Waals surface area contributed by atoms with Gasteiger partial charge in [0.1, 0.15) is 17.4 Å². The molecule has 0 aliphatic heterocycles. The number of benzene rings is 2. The fraction of sp³-hybridized carbons (Fsp3) is 0.269. The van der Waals surface area contributed by atoms with Crippen molar-refractivity contribution in [1.82, 2.24) is 20.4 Å². The van der Waals surface area contributed by atoms with E-state index in [-0.39, 0.29) is 12.4 Å². The first kappa shape index (κ1) is 24.6. The third-order valence-corrected chi connectivity index (χ3v) is 5.16. The fourth-order valence-corrected chi connectivity index (χ4v) is 3.46. The van der Waals surface area contributed by atoms with E-state index in [9.17, 15) is 9.59 Å². The first-order valence-electron chi connectivity index (χ1n) is 11.3. The van der Waals surface area contributed by atoms with Gasteiger partial charge < -0.3 is 19.3 Å². The van der Waals surface area contributed by atoms with Crippen LogP contribution in [0.3, 0.4) is 0 Å². The average molecular weight is 490 g/mol. The molecule has 186 valence electrons. The maximum atomic E-state index is 13.1. The Labute approximate surface area is 208 Å². The SMILES string of the molecule is COc1ccc(C[C@H](NC(=O)OC(C)(C)C)C(=O)Nc2nc(-c3ccc4cnccc4c3)no2)cc1. The molecule has 4 rings (SSSR count). The molecule has 0 fully saturated rings. The van der Waals surface area contributed by atoms with E-state index in [1.165, 1.54) is 0 Å². The molecule has 0 aliphatic rings. The molecule has 2 aromatic heterocycles. The topological polar surface area (TPSA) is 128 Å². The third-order valence-electron chi connectivity index (χ3n) is 5.16. The second kappa shape index (κ2) is 10.4. The number of aromatic nitrogens is 3. The molecule has 2 heterocycles. The predicted molar refractivity (Wildman–Crippen MR) is 134 cm³/mol. The Morgan fingerprint density at radius 1 is 1.06 bits per heavy atom. The molecule has 10 nitrogen and oxygen atoms in total. The molecule has 2 amide bonds. The number of methoxy groups -OCH3 is 1. The molecular weight excluding hydrogens is 462 g/mol. The number of anilines is 1. The number of hydrogen-bond acceptors (Lipinski definition) is 8. The van der Waals surface area contributed by atoms with E-state index in [1.807, 2.05) is 36.4 Å². The van der Waals surface area contributed by atoms with Gasteiger partial charge in [-0.1, -0.05) is 29.4 Å². The zero-order valence-electron chi connectivity index (χ0n) is 20.4. The monoisotopic (exact) mass is 489 g/mol. The zero-order chi connectivity index (χ0) is 25.7. The minimum Gasteiger partial charge on any atom is -0.497 e. The number of hydrogen-bond donors (Lipinski definition) is 2. The number of nitrogens with zero attached hydrogens (tertiary/aromatic N) is 3. The Bertz CT molecular complexity index is 1360. The average Bonchev–Trinajstić information content (AvgIpc) is 3.31. The minimum absolute atomic E-state index is 0.0875. The van der Waals surface area contributed by atoms with E-state index in [4.69, 9.17) is 14.0 Å². The zero-order valence-corrected chi connectivity index (χ0v) is 20.4. The number of pyridine rings is 1. The van der Waals surface area contributed by atoms with E-state index in [0.29, 0.717) is 11.6 Å². The lowest BCUT2D eigenvalue weighted by molar-refractivity contribution is -0.118. The van der Waals surface area contributed by atoms with E-state index in [2.05, 4.69) is 25.8 Å². The highest BCUT2D eigenvalue weighted by molar-refractivity contribution is 5.95. The van der Waals surface area contributed by atoms with Crippen molar-refractivity contribution in [2.75, 3.05) is 12.4 Å². The van der Waals surface area contributed by atoms with Gasteiger partial charge in [0.15, 0.2) is 0 Å². The Balaban J connectivity index is 1.50.